The van der Waals surface area contributed by atoms with Gasteiger partial charge in [-0.05, 0) is 50.2 Å². The van der Waals surface area contributed by atoms with Gasteiger partial charge in [0.25, 0.3) is 0 Å². The molecule has 1 aromatic carbocycles. The third-order valence-electron chi connectivity index (χ3n) is 5.15. The van der Waals surface area contributed by atoms with Crippen LogP contribution in [0.1, 0.15) is 45.6 Å². The molecule has 3 heteroatoms. The van der Waals surface area contributed by atoms with E-state index in [1.807, 2.05) is 6.07 Å². The van der Waals surface area contributed by atoms with Gasteiger partial charge in [-0.1, -0.05) is 31.5 Å². The van der Waals surface area contributed by atoms with Gasteiger partial charge in [0.05, 0.1) is 0 Å². The highest BCUT2D eigenvalue weighted by atomic mass is 35.5. The number of piperidine rings is 1. The molecular formula is C18H27ClN2. The summed E-state index contributed by atoms with van der Waals surface area (Å²) in [4.78, 5) is 2.58. The number of benzene rings is 1. The van der Waals surface area contributed by atoms with Gasteiger partial charge < -0.3 is 10.2 Å². The Balaban J connectivity index is 1.86. The number of anilines is 1. The number of nitrogens with one attached hydrogen (secondary N) is 1. The van der Waals surface area contributed by atoms with E-state index in [-0.39, 0.29) is 0 Å². The quantitative estimate of drug-likeness (QED) is 0.883. The van der Waals surface area contributed by atoms with Crippen LogP contribution in [0.25, 0.3) is 0 Å². The molecule has 2 nitrogen and oxygen atoms in total. The lowest BCUT2D eigenvalue weighted by Crippen LogP contribution is -2.46. The minimum absolute atomic E-state index is 0.583. The van der Waals surface area contributed by atoms with Crippen LogP contribution < -0.4 is 10.2 Å². The summed E-state index contributed by atoms with van der Waals surface area (Å²) < 4.78 is 0. The Morgan fingerprint density at radius 1 is 1.24 bits per heavy atom. The SMILES string of the molecule is CC1CC(C)C(C)N(c2cccc(Cl)c2CNC2CC2)C1. The molecular weight excluding hydrogens is 280 g/mol. The smallest absolute Gasteiger partial charge is 0.0471 e. The van der Waals surface area contributed by atoms with Crippen molar-refractivity contribution in [1.82, 2.24) is 5.32 Å². The summed E-state index contributed by atoms with van der Waals surface area (Å²) >= 11 is 6.51. The molecule has 2 fully saturated rings. The molecule has 3 atom stereocenters. The minimum Gasteiger partial charge on any atom is -0.368 e. The maximum atomic E-state index is 6.51. The Morgan fingerprint density at radius 2 is 2.00 bits per heavy atom. The third-order valence-corrected chi connectivity index (χ3v) is 5.50. The summed E-state index contributed by atoms with van der Waals surface area (Å²) in [6.45, 7) is 9.13. The summed E-state index contributed by atoms with van der Waals surface area (Å²) in [5.41, 5.74) is 2.61. The topological polar surface area (TPSA) is 15.3 Å². The van der Waals surface area contributed by atoms with E-state index in [2.05, 4.69) is 43.1 Å². The molecule has 0 amide bonds. The molecule has 116 valence electrons. The molecule has 0 spiro atoms. The Labute approximate surface area is 133 Å². The predicted octanol–water partition coefficient (Wildman–Crippen LogP) is 4.46. The van der Waals surface area contributed by atoms with Crippen molar-refractivity contribution in [2.75, 3.05) is 11.4 Å². The molecule has 1 aliphatic carbocycles. The number of rotatable bonds is 4. The zero-order valence-electron chi connectivity index (χ0n) is 13.4. The molecule has 21 heavy (non-hydrogen) atoms. The van der Waals surface area contributed by atoms with Crippen molar-refractivity contribution in [3.63, 3.8) is 0 Å². The van der Waals surface area contributed by atoms with Crippen LogP contribution in [0.2, 0.25) is 5.02 Å². The van der Waals surface area contributed by atoms with Crippen LogP contribution in [-0.4, -0.2) is 18.6 Å². The van der Waals surface area contributed by atoms with Crippen molar-refractivity contribution in [3.05, 3.63) is 28.8 Å². The average Bonchev–Trinajstić information content (AvgIpc) is 3.25. The van der Waals surface area contributed by atoms with Gasteiger partial charge in [-0.3, -0.25) is 0 Å². The van der Waals surface area contributed by atoms with Crippen LogP contribution in [0.15, 0.2) is 18.2 Å². The Hall–Kier alpha value is -0.730. The fraction of sp³-hybridized carbons (Fsp3) is 0.667. The van der Waals surface area contributed by atoms with Crippen LogP contribution in [0.5, 0.6) is 0 Å². The summed E-state index contributed by atoms with van der Waals surface area (Å²) in [6.07, 6.45) is 3.95. The van der Waals surface area contributed by atoms with Crippen LogP contribution >= 0.6 is 11.6 Å². The van der Waals surface area contributed by atoms with E-state index in [9.17, 15) is 0 Å². The molecule has 1 aliphatic heterocycles. The molecule has 2 aliphatic rings. The van der Waals surface area contributed by atoms with Gasteiger partial charge in [0.2, 0.25) is 0 Å². The molecule has 0 aromatic heterocycles. The predicted molar refractivity (Wildman–Crippen MR) is 91.1 cm³/mol. The maximum absolute atomic E-state index is 6.51. The largest absolute Gasteiger partial charge is 0.368 e. The van der Waals surface area contributed by atoms with Gasteiger partial charge in [-0.15, -0.1) is 0 Å². The van der Waals surface area contributed by atoms with Crippen LogP contribution in [0, 0.1) is 11.8 Å². The Bertz CT molecular complexity index is 498. The second-order valence-electron chi connectivity index (χ2n) is 7.10. The molecule has 3 rings (SSSR count). The molecule has 3 unspecified atom stereocenters. The first-order chi connectivity index (χ1) is 10.1. The van der Waals surface area contributed by atoms with Crippen LogP contribution in [-0.2, 0) is 6.54 Å². The van der Waals surface area contributed by atoms with Gasteiger partial charge in [0, 0.05) is 41.4 Å². The van der Waals surface area contributed by atoms with E-state index in [0.717, 1.165) is 29.9 Å². The number of hydrogen-bond donors (Lipinski definition) is 1. The average molecular weight is 307 g/mol. The lowest BCUT2D eigenvalue weighted by molar-refractivity contribution is 0.296. The highest BCUT2D eigenvalue weighted by Crippen LogP contribution is 2.36. The minimum atomic E-state index is 0.583. The normalized spacial score (nSPS) is 29.7. The Morgan fingerprint density at radius 3 is 2.71 bits per heavy atom. The van der Waals surface area contributed by atoms with Crippen molar-refractivity contribution >= 4 is 17.3 Å². The number of halogens is 1. The van der Waals surface area contributed by atoms with Crippen molar-refractivity contribution in [2.45, 2.75) is 58.7 Å². The van der Waals surface area contributed by atoms with Gasteiger partial charge >= 0.3 is 0 Å². The van der Waals surface area contributed by atoms with Gasteiger partial charge in [0.1, 0.15) is 0 Å². The van der Waals surface area contributed by atoms with E-state index in [4.69, 9.17) is 11.6 Å². The highest BCUT2D eigenvalue weighted by molar-refractivity contribution is 6.31. The number of nitrogens with zero attached hydrogens (tertiary/aromatic N) is 1. The fourth-order valence-corrected chi connectivity index (χ4v) is 3.79. The van der Waals surface area contributed by atoms with Gasteiger partial charge in [-0.2, -0.15) is 0 Å². The first kappa shape index (κ1) is 15.2. The van der Waals surface area contributed by atoms with Crippen LogP contribution in [0.3, 0.4) is 0 Å². The summed E-state index contributed by atoms with van der Waals surface area (Å²) in [6, 6.07) is 7.66. The van der Waals surface area contributed by atoms with Crippen molar-refractivity contribution < 1.29 is 0 Å². The first-order valence-corrected chi connectivity index (χ1v) is 8.71. The second-order valence-corrected chi connectivity index (χ2v) is 7.51. The lowest BCUT2D eigenvalue weighted by Gasteiger charge is -2.43. The molecule has 1 aromatic rings. The monoisotopic (exact) mass is 306 g/mol. The fourth-order valence-electron chi connectivity index (χ4n) is 3.56. The van der Waals surface area contributed by atoms with Crippen molar-refractivity contribution in [1.29, 1.82) is 0 Å². The van der Waals surface area contributed by atoms with E-state index < -0.39 is 0 Å². The molecule has 1 saturated heterocycles. The summed E-state index contributed by atoms with van der Waals surface area (Å²) in [5, 5.41) is 4.52. The third kappa shape index (κ3) is 3.37. The zero-order chi connectivity index (χ0) is 15.0. The maximum Gasteiger partial charge on any atom is 0.0471 e. The molecule has 1 saturated carbocycles. The standard InChI is InChI=1S/C18H27ClN2/c1-12-9-13(2)14(3)21(11-12)18-6-4-5-17(19)16(18)10-20-15-7-8-15/h4-6,12-15,20H,7-11H2,1-3H3. The van der Waals surface area contributed by atoms with E-state index in [1.165, 1.54) is 30.5 Å². The van der Waals surface area contributed by atoms with E-state index in [1.54, 1.807) is 0 Å². The van der Waals surface area contributed by atoms with Gasteiger partial charge in [0.15, 0.2) is 0 Å². The number of hydrogen-bond acceptors (Lipinski definition) is 2. The zero-order valence-corrected chi connectivity index (χ0v) is 14.2. The van der Waals surface area contributed by atoms with Crippen molar-refractivity contribution in [3.8, 4) is 0 Å². The Kier molecular flexibility index (Phi) is 4.46. The molecule has 1 heterocycles. The van der Waals surface area contributed by atoms with Gasteiger partial charge in [-0.25, -0.2) is 0 Å². The molecule has 0 bridgehead atoms. The summed E-state index contributed by atoms with van der Waals surface area (Å²) in [7, 11) is 0. The van der Waals surface area contributed by atoms with Crippen LogP contribution in [0.4, 0.5) is 5.69 Å². The molecule has 0 radical (unpaired) electrons. The first-order valence-electron chi connectivity index (χ1n) is 8.33. The summed E-state index contributed by atoms with van der Waals surface area (Å²) in [5.74, 6) is 1.48. The highest BCUT2D eigenvalue weighted by Gasteiger charge is 2.30. The van der Waals surface area contributed by atoms with E-state index >= 15 is 0 Å². The van der Waals surface area contributed by atoms with E-state index in [0.29, 0.717) is 12.1 Å². The lowest BCUT2D eigenvalue weighted by atomic mass is 9.85. The second kappa shape index (κ2) is 6.18. The van der Waals surface area contributed by atoms with Crippen molar-refractivity contribution in [2.24, 2.45) is 11.8 Å². The molecule has 1 N–H and O–H groups in total.